The van der Waals surface area contributed by atoms with E-state index in [0.29, 0.717) is 19.6 Å². The van der Waals surface area contributed by atoms with Crippen molar-refractivity contribution in [1.29, 1.82) is 0 Å². The first-order chi connectivity index (χ1) is 7.97. The Hall–Kier alpha value is -1.50. The van der Waals surface area contributed by atoms with E-state index in [9.17, 15) is 13.2 Å². The molecule has 0 aliphatic carbocycles. The van der Waals surface area contributed by atoms with Crippen LogP contribution in [0.4, 0.5) is 24.7 Å². The van der Waals surface area contributed by atoms with Gasteiger partial charge >= 0.3 is 6.18 Å². The predicted octanol–water partition coefficient (Wildman–Crippen LogP) is 1.88. The van der Waals surface area contributed by atoms with Gasteiger partial charge in [0.25, 0.3) is 0 Å². The summed E-state index contributed by atoms with van der Waals surface area (Å²) in [4.78, 5) is 3.70. The van der Waals surface area contributed by atoms with Crippen molar-refractivity contribution in [3.05, 3.63) is 17.8 Å². The average Bonchev–Trinajstić information content (AvgIpc) is 2.72. The van der Waals surface area contributed by atoms with Gasteiger partial charge < -0.3 is 15.8 Å². The van der Waals surface area contributed by atoms with Gasteiger partial charge in [-0.05, 0) is 12.5 Å². The highest BCUT2D eigenvalue weighted by atomic mass is 19.4. The van der Waals surface area contributed by atoms with Crippen molar-refractivity contribution in [1.82, 2.24) is 4.98 Å². The van der Waals surface area contributed by atoms with Crippen LogP contribution in [-0.4, -0.2) is 24.2 Å². The van der Waals surface area contributed by atoms with Crippen molar-refractivity contribution in [2.45, 2.75) is 18.6 Å². The molecule has 0 amide bonds. The normalized spacial score (nSPS) is 20.5. The minimum Gasteiger partial charge on any atom is -0.397 e. The van der Waals surface area contributed by atoms with Gasteiger partial charge in [-0.1, -0.05) is 0 Å². The summed E-state index contributed by atoms with van der Waals surface area (Å²) in [6.07, 6.45) is -2.60. The minimum absolute atomic E-state index is 0.00875. The highest BCUT2D eigenvalue weighted by Crippen LogP contribution is 2.35. The molecule has 0 saturated carbocycles. The number of hydrogen-bond acceptors (Lipinski definition) is 4. The second-order valence-electron chi connectivity index (χ2n) is 3.87. The van der Waals surface area contributed by atoms with Gasteiger partial charge in [-0.2, -0.15) is 13.2 Å². The van der Waals surface area contributed by atoms with Crippen LogP contribution in [0.15, 0.2) is 12.3 Å². The fourth-order valence-corrected chi connectivity index (χ4v) is 1.65. The van der Waals surface area contributed by atoms with Gasteiger partial charge in [0.2, 0.25) is 0 Å². The molecule has 1 aliphatic rings. The first kappa shape index (κ1) is 12.0. The molecule has 2 rings (SSSR count). The van der Waals surface area contributed by atoms with Gasteiger partial charge in [0.15, 0.2) is 0 Å². The molecule has 1 aromatic rings. The third-order valence-electron chi connectivity index (χ3n) is 2.48. The summed E-state index contributed by atoms with van der Waals surface area (Å²) in [5, 5.41) is 2.73. The van der Waals surface area contributed by atoms with Gasteiger partial charge in [0.1, 0.15) is 5.82 Å². The van der Waals surface area contributed by atoms with Crippen molar-refractivity contribution in [3.63, 3.8) is 0 Å². The lowest BCUT2D eigenvalue weighted by Crippen LogP contribution is -2.22. The van der Waals surface area contributed by atoms with Crippen LogP contribution in [0.1, 0.15) is 12.0 Å². The summed E-state index contributed by atoms with van der Waals surface area (Å²) in [7, 11) is 0. The maximum Gasteiger partial charge on any atom is 0.420 e. The van der Waals surface area contributed by atoms with E-state index in [0.717, 1.165) is 6.07 Å². The van der Waals surface area contributed by atoms with Crippen molar-refractivity contribution < 1.29 is 17.9 Å². The molecule has 7 heteroatoms. The monoisotopic (exact) mass is 247 g/mol. The van der Waals surface area contributed by atoms with E-state index in [1.54, 1.807) is 0 Å². The Morgan fingerprint density at radius 3 is 2.82 bits per heavy atom. The first-order valence-corrected chi connectivity index (χ1v) is 5.14. The molecule has 17 heavy (non-hydrogen) atoms. The highest BCUT2D eigenvalue weighted by Gasteiger charge is 2.35. The van der Waals surface area contributed by atoms with Crippen LogP contribution in [0, 0.1) is 0 Å². The molecule has 0 spiro atoms. The zero-order valence-corrected chi connectivity index (χ0v) is 8.92. The summed E-state index contributed by atoms with van der Waals surface area (Å²) in [5.74, 6) is -0.192. The number of ether oxygens (including phenoxy) is 1. The molecule has 1 aliphatic heterocycles. The molecule has 0 aromatic carbocycles. The van der Waals surface area contributed by atoms with Gasteiger partial charge in [-0.3, -0.25) is 0 Å². The van der Waals surface area contributed by atoms with Crippen LogP contribution < -0.4 is 11.1 Å². The van der Waals surface area contributed by atoms with Crippen molar-refractivity contribution in [2.24, 2.45) is 0 Å². The molecule has 1 atom stereocenters. The molecule has 4 nitrogen and oxygen atoms in total. The molecule has 0 bridgehead atoms. The number of nitrogens with zero attached hydrogens (tertiary/aromatic N) is 1. The van der Waals surface area contributed by atoms with E-state index >= 15 is 0 Å². The zero-order chi connectivity index (χ0) is 12.5. The molecule has 1 fully saturated rings. The van der Waals surface area contributed by atoms with Gasteiger partial charge in [-0.15, -0.1) is 0 Å². The lowest BCUT2D eigenvalue weighted by atomic mass is 10.2. The van der Waals surface area contributed by atoms with E-state index in [4.69, 9.17) is 10.5 Å². The average molecular weight is 247 g/mol. The Labute approximate surface area is 96.0 Å². The van der Waals surface area contributed by atoms with E-state index in [1.165, 1.54) is 6.20 Å². The van der Waals surface area contributed by atoms with Gasteiger partial charge in [0.05, 0.1) is 30.1 Å². The van der Waals surface area contributed by atoms with Crippen molar-refractivity contribution in [3.8, 4) is 0 Å². The Balaban J connectivity index is 2.25. The van der Waals surface area contributed by atoms with Gasteiger partial charge in [-0.25, -0.2) is 4.98 Å². The topological polar surface area (TPSA) is 60.2 Å². The van der Waals surface area contributed by atoms with E-state index < -0.39 is 11.7 Å². The van der Waals surface area contributed by atoms with Crippen LogP contribution in [0.25, 0.3) is 0 Å². The quantitative estimate of drug-likeness (QED) is 0.837. The van der Waals surface area contributed by atoms with Crippen molar-refractivity contribution >= 4 is 11.5 Å². The zero-order valence-electron chi connectivity index (χ0n) is 8.92. The summed E-state index contributed by atoms with van der Waals surface area (Å²) in [6, 6.07) is 0.748. The number of pyridine rings is 1. The summed E-state index contributed by atoms with van der Waals surface area (Å²) >= 11 is 0. The molecule has 94 valence electrons. The first-order valence-electron chi connectivity index (χ1n) is 5.14. The Morgan fingerprint density at radius 1 is 1.47 bits per heavy atom. The molecular weight excluding hydrogens is 235 g/mol. The molecule has 2 heterocycles. The number of alkyl halides is 3. The predicted molar refractivity (Wildman–Crippen MR) is 56.5 cm³/mol. The van der Waals surface area contributed by atoms with E-state index in [-0.39, 0.29) is 17.5 Å². The Bertz CT molecular complexity index is 402. The van der Waals surface area contributed by atoms with Crippen LogP contribution in [-0.2, 0) is 10.9 Å². The highest BCUT2D eigenvalue weighted by molar-refractivity contribution is 5.53. The molecule has 1 saturated heterocycles. The summed E-state index contributed by atoms with van der Waals surface area (Å²) in [5.41, 5.74) is 4.47. The van der Waals surface area contributed by atoms with E-state index in [2.05, 4.69) is 10.3 Å². The summed E-state index contributed by atoms with van der Waals surface area (Å²) < 4.78 is 43.3. The number of anilines is 2. The SMILES string of the molecule is Nc1cnc(NC2CCOC2)c(C(F)(F)F)c1. The maximum atomic E-state index is 12.7. The van der Waals surface area contributed by atoms with Crippen LogP contribution in [0.5, 0.6) is 0 Å². The van der Waals surface area contributed by atoms with Crippen LogP contribution in [0.2, 0.25) is 0 Å². The smallest absolute Gasteiger partial charge is 0.397 e. The molecule has 1 aromatic heterocycles. The van der Waals surface area contributed by atoms with Crippen LogP contribution >= 0.6 is 0 Å². The molecule has 1 unspecified atom stereocenters. The number of nitrogens with two attached hydrogens (primary N) is 1. The second kappa shape index (κ2) is 4.40. The minimum atomic E-state index is -4.47. The fraction of sp³-hybridized carbons (Fsp3) is 0.500. The third kappa shape index (κ3) is 2.79. The molecular formula is C10H12F3N3O. The lowest BCUT2D eigenvalue weighted by Gasteiger charge is -2.17. The number of halogens is 3. The maximum absolute atomic E-state index is 12.7. The Morgan fingerprint density at radius 2 is 2.24 bits per heavy atom. The van der Waals surface area contributed by atoms with Gasteiger partial charge in [0, 0.05) is 6.61 Å². The van der Waals surface area contributed by atoms with E-state index in [1.807, 2.05) is 0 Å². The Kier molecular flexibility index (Phi) is 3.10. The van der Waals surface area contributed by atoms with Crippen LogP contribution in [0.3, 0.4) is 0 Å². The molecule has 3 N–H and O–H groups in total. The number of aromatic nitrogens is 1. The standard InChI is InChI=1S/C10H12F3N3O/c11-10(12,13)8-3-6(14)4-15-9(8)16-7-1-2-17-5-7/h3-4,7H,1-2,5,14H2,(H,15,16). The number of nitrogen functional groups attached to an aromatic ring is 1. The number of nitrogens with one attached hydrogen (secondary N) is 1. The largest absolute Gasteiger partial charge is 0.420 e. The second-order valence-corrected chi connectivity index (χ2v) is 3.87. The number of hydrogen-bond donors (Lipinski definition) is 2. The fourth-order valence-electron chi connectivity index (χ4n) is 1.65. The lowest BCUT2D eigenvalue weighted by molar-refractivity contribution is -0.137. The third-order valence-corrected chi connectivity index (χ3v) is 2.48. The summed E-state index contributed by atoms with van der Waals surface area (Å²) in [6.45, 7) is 0.942. The molecule has 0 radical (unpaired) electrons. The number of rotatable bonds is 2. The van der Waals surface area contributed by atoms with Crippen molar-refractivity contribution in [2.75, 3.05) is 24.3 Å².